The fourth-order valence-electron chi connectivity index (χ4n) is 2.13. The molecule has 1 heterocycles. The molecule has 0 saturated carbocycles. The fraction of sp³-hybridized carbons (Fsp3) is 0.438. The van der Waals surface area contributed by atoms with Gasteiger partial charge in [-0.15, -0.1) is 0 Å². The number of aryl methyl sites for hydroxylation is 2. The van der Waals surface area contributed by atoms with E-state index in [1.165, 1.54) is 17.5 Å². The first-order valence-electron chi connectivity index (χ1n) is 6.93. The predicted molar refractivity (Wildman–Crippen MR) is 76.9 cm³/mol. The van der Waals surface area contributed by atoms with Crippen LogP contribution in [0.15, 0.2) is 34.9 Å². The van der Waals surface area contributed by atoms with Crippen molar-refractivity contribution in [3.05, 3.63) is 52.9 Å². The molecule has 0 aliphatic heterocycles. The molecule has 1 aromatic carbocycles. The first-order chi connectivity index (χ1) is 9.19. The van der Waals surface area contributed by atoms with E-state index in [1.807, 2.05) is 13.0 Å². The van der Waals surface area contributed by atoms with E-state index >= 15 is 0 Å². The third-order valence-electron chi connectivity index (χ3n) is 3.28. The molecule has 0 bridgehead atoms. The van der Waals surface area contributed by atoms with Gasteiger partial charge in [0.15, 0.2) is 5.76 Å². The van der Waals surface area contributed by atoms with E-state index in [9.17, 15) is 0 Å². The largest absolute Gasteiger partial charge is 0.360 e. The number of nitrogens with zero attached hydrogens (tertiary/aromatic N) is 1. The normalized spacial score (nSPS) is 12.6. The Morgan fingerprint density at radius 1 is 1.26 bits per heavy atom. The molecule has 1 unspecified atom stereocenters. The summed E-state index contributed by atoms with van der Waals surface area (Å²) in [5.41, 5.74) is 3.63. The maximum absolute atomic E-state index is 5.19. The van der Waals surface area contributed by atoms with E-state index in [4.69, 9.17) is 4.52 Å². The number of aromatic nitrogens is 1. The molecule has 1 N–H and O–H groups in total. The first kappa shape index (κ1) is 13.8. The topological polar surface area (TPSA) is 38.1 Å². The van der Waals surface area contributed by atoms with Gasteiger partial charge in [-0.1, -0.05) is 42.8 Å². The smallest absolute Gasteiger partial charge is 0.150 e. The number of nitrogens with one attached hydrogen (secondary N) is 1. The molecule has 1 atom stereocenters. The average Bonchev–Trinajstić information content (AvgIpc) is 2.83. The number of hydrogen-bond donors (Lipinski definition) is 1. The first-order valence-corrected chi connectivity index (χ1v) is 6.93. The van der Waals surface area contributed by atoms with Crippen LogP contribution in [-0.4, -0.2) is 5.16 Å². The summed E-state index contributed by atoms with van der Waals surface area (Å²) < 4.78 is 5.19. The van der Waals surface area contributed by atoms with Crippen LogP contribution in [0.25, 0.3) is 0 Å². The summed E-state index contributed by atoms with van der Waals surface area (Å²) in [5.74, 6) is 0.881. The lowest BCUT2D eigenvalue weighted by molar-refractivity contribution is 0.363. The maximum atomic E-state index is 5.19. The van der Waals surface area contributed by atoms with Crippen LogP contribution >= 0.6 is 0 Å². The van der Waals surface area contributed by atoms with Crippen LogP contribution in [0.4, 0.5) is 0 Å². The predicted octanol–water partition coefficient (Wildman–Crippen LogP) is 3.79. The molecular weight excluding hydrogens is 236 g/mol. The molecule has 0 aliphatic carbocycles. The second kappa shape index (κ2) is 6.53. The van der Waals surface area contributed by atoms with Crippen molar-refractivity contribution >= 4 is 0 Å². The van der Waals surface area contributed by atoms with Crippen LogP contribution in [-0.2, 0) is 13.0 Å². The highest BCUT2D eigenvalue weighted by atomic mass is 16.5. The Morgan fingerprint density at radius 2 is 2.00 bits per heavy atom. The summed E-state index contributed by atoms with van der Waals surface area (Å²) in [6, 6.07) is 11.1. The molecule has 0 saturated heterocycles. The molecule has 2 aromatic rings. The molecule has 102 valence electrons. The van der Waals surface area contributed by atoms with Crippen molar-refractivity contribution in [3.63, 3.8) is 0 Å². The minimum absolute atomic E-state index is 0.307. The van der Waals surface area contributed by atoms with E-state index < -0.39 is 0 Å². The number of benzene rings is 1. The van der Waals surface area contributed by atoms with Gasteiger partial charge >= 0.3 is 0 Å². The molecule has 0 amide bonds. The monoisotopic (exact) mass is 258 g/mol. The van der Waals surface area contributed by atoms with Gasteiger partial charge in [-0.05, 0) is 31.4 Å². The van der Waals surface area contributed by atoms with E-state index in [0.717, 1.165) is 17.9 Å². The second-order valence-electron chi connectivity index (χ2n) is 5.03. The summed E-state index contributed by atoms with van der Waals surface area (Å²) in [5, 5.41) is 7.33. The molecule has 3 nitrogen and oxygen atoms in total. The highest BCUT2D eigenvalue weighted by Gasteiger charge is 2.07. The van der Waals surface area contributed by atoms with E-state index in [2.05, 4.69) is 48.6 Å². The minimum Gasteiger partial charge on any atom is -0.360 e. The van der Waals surface area contributed by atoms with Gasteiger partial charge in [0.2, 0.25) is 0 Å². The van der Waals surface area contributed by atoms with Gasteiger partial charge in [0.05, 0.1) is 12.2 Å². The number of rotatable bonds is 6. The standard InChI is InChI=1S/C16H22N2O/c1-4-5-14-6-8-15(9-7-14)13(3)17-11-16-10-12(2)18-19-16/h6-10,13,17H,4-5,11H2,1-3H3. The van der Waals surface area contributed by atoms with Gasteiger partial charge in [-0.25, -0.2) is 0 Å². The van der Waals surface area contributed by atoms with Gasteiger partial charge in [-0.2, -0.15) is 0 Å². The SMILES string of the molecule is CCCc1ccc(C(C)NCc2cc(C)no2)cc1. The van der Waals surface area contributed by atoms with Gasteiger partial charge < -0.3 is 9.84 Å². The van der Waals surface area contributed by atoms with Crippen LogP contribution in [0.5, 0.6) is 0 Å². The molecule has 3 heteroatoms. The molecule has 0 spiro atoms. The van der Waals surface area contributed by atoms with E-state index in [0.29, 0.717) is 12.6 Å². The van der Waals surface area contributed by atoms with Crippen LogP contribution in [0.3, 0.4) is 0 Å². The molecular formula is C16H22N2O. The van der Waals surface area contributed by atoms with Crippen LogP contribution < -0.4 is 5.32 Å². The van der Waals surface area contributed by atoms with Crippen LogP contribution in [0.2, 0.25) is 0 Å². The van der Waals surface area contributed by atoms with Gasteiger partial charge in [0.1, 0.15) is 0 Å². The van der Waals surface area contributed by atoms with Crippen molar-refractivity contribution in [3.8, 4) is 0 Å². The van der Waals surface area contributed by atoms with Crippen molar-refractivity contribution in [1.82, 2.24) is 10.5 Å². The highest BCUT2D eigenvalue weighted by Crippen LogP contribution is 2.15. The second-order valence-corrected chi connectivity index (χ2v) is 5.03. The van der Waals surface area contributed by atoms with Crippen molar-refractivity contribution in [2.75, 3.05) is 0 Å². The summed E-state index contributed by atoms with van der Waals surface area (Å²) in [6.45, 7) is 7.01. The summed E-state index contributed by atoms with van der Waals surface area (Å²) in [7, 11) is 0. The third-order valence-corrected chi connectivity index (χ3v) is 3.28. The summed E-state index contributed by atoms with van der Waals surface area (Å²) >= 11 is 0. The Labute approximate surface area is 115 Å². The molecule has 1 aromatic heterocycles. The zero-order valence-electron chi connectivity index (χ0n) is 11.9. The Kier molecular flexibility index (Phi) is 4.74. The Balaban J connectivity index is 1.90. The molecule has 0 fully saturated rings. The Hall–Kier alpha value is -1.61. The minimum atomic E-state index is 0.307. The molecule has 2 rings (SSSR count). The summed E-state index contributed by atoms with van der Waals surface area (Å²) in [4.78, 5) is 0. The maximum Gasteiger partial charge on any atom is 0.150 e. The van der Waals surface area contributed by atoms with Gasteiger partial charge in [-0.3, -0.25) is 0 Å². The molecule has 0 radical (unpaired) electrons. The van der Waals surface area contributed by atoms with Crippen LogP contribution in [0, 0.1) is 6.92 Å². The number of hydrogen-bond acceptors (Lipinski definition) is 3. The van der Waals surface area contributed by atoms with Crippen LogP contribution in [0.1, 0.15) is 48.9 Å². The van der Waals surface area contributed by atoms with Gasteiger partial charge in [0.25, 0.3) is 0 Å². The van der Waals surface area contributed by atoms with Crippen molar-refractivity contribution < 1.29 is 4.52 Å². The zero-order chi connectivity index (χ0) is 13.7. The summed E-state index contributed by atoms with van der Waals surface area (Å²) in [6.07, 6.45) is 2.34. The lowest BCUT2D eigenvalue weighted by Crippen LogP contribution is -2.17. The molecule has 19 heavy (non-hydrogen) atoms. The lowest BCUT2D eigenvalue weighted by Gasteiger charge is -2.13. The van der Waals surface area contributed by atoms with Crippen molar-refractivity contribution in [2.45, 2.75) is 46.2 Å². The lowest BCUT2D eigenvalue weighted by atomic mass is 10.0. The van der Waals surface area contributed by atoms with E-state index in [1.54, 1.807) is 0 Å². The average molecular weight is 258 g/mol. The fourth-order valence-corrected chi connectivity index (χ4v) is 2.13. The quantitative estimate of drug-likeness (QED) is 0.856. The highest BCUT2D eigenvalue weighted by molar-refractivity contribution is 5.24. The molecule has 0 aliphatic rings. The van der Waals surface area contributed by atoms with E-state index in [-0.39, 0.29) is 0 Å². The Morgan fingerprint density at radius 3 is 2.58 bits per heavy atom. The third kappa shape index (κ3) is 3.93. The Bertz CT molecular complexity index is 502. The zero-order valence-corrected chi connectivity index (χ0v) is 11.9. The van der Waals surface area contributed by atoms with Gasteiger partial charge in [0, 0.05) is 12.1 Å². The van der Waals surface area contributed by atoms with Crippen molar-refractivity contribution in [2.24, 2.45) is 0 Å². The van der Waals surface area contributed by atoms with Crippen molar-refractivity contribution in [1.29, 1.82) is 0 Å².